The van der Waals surface area contributed by atoms with Gasteiger partial charge in [0.2, 0.25) is 0 Å². The molecule has 30 heavy (non-hydrogen) atoms. The first-order valence-electron chi connectivity index (χ1n) is 11.9. The van der Waals surface area contributed by atoms with Gasteiger partial charge in [-0.05, 0) is 59.7 Å². The molecule has 2 nitrogen and oxygen atoms in total. The van der Waals surface area contributed by atoms with E-state index in [1.165, 1.54) is 50.8 Å². The second-order valence-electron chi connectivity index (χ2n) is 9.20. The monoisotopic (exact) mass is 404 g/mol. The van der Waals surface area contributed by atoms with Crippen molar-refractivity contribution in [3.8, 4) is 11.3 Å². The maximum absolute atomic E-state index is 3.84. The van der Waals surface area contributed by atoms with Gasteiger partial charge in [-0.15, -0.1) is 0 Å². The first kappa shape index (κ1) is 22.6. The third-order valence-electron chi connectivity index (χ3n) is 6.36. The Labute approximate surface area is 183 Å². The number of rotatable bonds is 9. The van der Waals surface area contributed by atoms with Crippen LogP contribution >= 0.6 is 0 Å². The molecule has 0 aliphatic heterocycles. The van der Waals surface area contributed by atoms with Gasteiger partial charge in [0.05, 0.1) is 5.69 Å². The van der Waals surface area contributed by atoms with Crippen LogP contribution in [0.5, 0.6) is 0 Å². The molecular formula is C28H40N2. The number of H-pyrrole nitrogens is 1. The van der Waals surface area contributed by atoms with Crippen LogP contribution in [-0.2, 0) is 13.0 Å². The van der Waals surface area contributed by atoms with E-state index in [1.807, 2.05) is 0 Å². The van der Waals surface area contributed by atoms with Crippen LogP contribution in [0.1, 0.15) is 89.0 Å². The summed E-state index contributed by atoms with van der Waals surface area (Å²) in [5.41, 5.74) is 9.78. The summed E-state index contributed by atoms with van der Waals surface area (Å²) in [7, 11) is 0. The van der Waals surface area contributed by atoms with E-state index in [1.54, 1.807) is 0 Å². The van der Waals surface area contributed by atoms with Crippen LogP contribution in [0, 0.1) is 0 Å². The molecule has 0 saturated carbocycles. The van der Waals surface area contributed by atoms with Crippen molar-refractivity contribution >= 4 is 10.9 Å². The Morgan fingerprint density at radius 1 is 0.900 bits per heavy atom. The van der Waals surface area contributed by atoms with E-state index >= 15 is 0 Å². The van der Waals surface area contributed by atoms with E-state index in [4.69, 9.17) is 0 Å². The third-order valence-corrected chi connectivity index (χ3v) is 6.36. The normalized spacial score (nSPS) is 12.1. The van der Waals surface area contributed by atoms with Crippen LogP contribution in [0.2, 0.25) is 0 Å². The summed E-state index contributed by atoms with van der Waals surface area (Å²) >= 11 is 0. The molecule has 0 radical (unpaired) electrons. The highest BCUT2D eigenvalue weighted by Crippen LogP contribution is 2.40. The Balaban J connectivity index is 2.26. The topological polar surface area (TPSA) is 19.0 Å². The number of aryl methyl sites for hydroxylation is 1. The zero-order chi connectivity index (χ0) is 21.8. The van der Waals surface area contributed by atoms with E-state index in [-0.39, 0.29) is 0 Å². The van der Waals surface area contributed by atoms with Crippen molar-refractivity contribution in [3.05, 3.63) is 58.7 Å². The summed E-state index contributed by atoms with van der Waals surface area (Å²) < 4.78 is 0. The van der Waals surface area contributed by atoms with Gasteiger partial charge >= 0.3 is 0 Å². The van der Waals surface area contributed by atoms with Crippen LogP contribution in [0.3, 0.4) is 0 Å². The molecule has 0 aliphatic rings. The first-order valence-corrected chi connectivity index (χ1v) is 11.9. The molecule has 3 aromatic rings. The van der Waals surface area contributed by atoms with Gasteiger partial charge in [0.15, 0.2) is 0 Å². The average molecular weight is 405 g/mol. The molecule has 3 rings (SSSR count). The van der Waals surface area contributed by atoms with Crippen LogP contribution in [0.15, 0.2) is 36.4 Å². The van der Waals surface area contributed by atoms with Gasteiger partial charge in [0, 0.05) is 23.0 Å². The molecule has 2 heteroatoms. The predicted molar refractivity (Wildman–Crippen MR) is 133 cm³/mol. The quantitative estimate of drug-likeness (QED) is 0.384. The summed E-state index contributed by atoms with van der Waals surface area (Å²) in [6.07, 6.45) is 2.33. The minimum atomic E-state index is 0.463. The summed E-state index contributed by atoms with van der Waals surface area (Å²) in [6.45, 7) is 19.2. The lowest BCUT2D eigenvalue weighted by molar-refractivity contribution is 0.296. The summed E-state index contributed by atoms with van der Waals surface area (Å²) in [5.74, 6) is 0.974. The van der Waals surface area contributed by atoms with Gasteiger partial charge in [-0.3, -0.25) is 4.90 Å². The molecule has 0 unspecified atom stereocenters. The second kappa shape index (κ2) is 9.83. The van der Waals surface area contributed by atoms with Crippen molar-refractivity contribution in [1.82, 2.24) is 9.88 Å². The summed E-state index contributed by atoms with van der Waals surface area (Å²) in [6, 6.07) is 13.9. The fraction of sp³-hybridized carbons (Fsp3) is 0.500. The van der Waals surface area contributed by atoms with Crippen LogP contribution < -0.4 is 0 Å². The van der Waals surface area contributed by atoms with E-state index in [0.717, 1.165) is 26.1 Å². The summed E-state index contributed by atoms with van der Waals surface area (Å²) in [4.78, 5) is 6.36. The van der Waals surface area contributed by atoms with Crippen molar-refractivity contribution < 1.29 is 0 Å². The maximum atomic E-state index is 3.84. The lowest BCUT2D eigenvalue weighted by Gasteiger charge is -2.22. The van der Waals surface area contributed by atoms with Crippen LogP contribution in [0.4, 0.5) is 0 Å². The van der Waals surface area contributed by atoms with E-state index < -0.39 is 0 Å². The minimum Gasteiger partial charge on any atom is -0.354 e. The second-order valence-corrected chi connectivity index (χ2v) is 9.20. The highest BCUT2D eigenvalue weighted by molar-refractivity contribution is 5.94. The number of benzene rings is 2. The van der Waals surface area contributed by atoms with Gasteiger partial charge in [0.25, 0.3) is 0 Å². The Morgan fingerprint density at radius 2 is 1.63 bits per heavy atom. The molecule has 0 fully saturated rings. The van der Waals surface area contributed by atoms with Gasteiger partial charge in [-0.1, -0.05) is 85.2 Å². The van der Waals surface area contributed by atoms with Crippen LogP contribution in [-0.4, -0.2) is 23.0 Å². The molecule has 1 aromatic heterocycles. The standard InChI is InChI=1S/C28H40N2/c1-8-12-21-15-16-24(22(17-21)18-30(9-2)10-3)28-26(20(6)7)27-23(19(4)5)13-11-14-25(27)29-28/h11,13-17,19-20,29H,8-10,12,18H2,1-7H3. The predicted octanol–water partition coefficient (Wildman–Crippen LogP) is 7.88. The molecule has 0 spiro atoms. The van der Waals surface area contributed by atoms with Crippen LogP contribution in [0.25, 0.3) is 22.2 Å². The number of nitrogens with one attached hydrogen (secondary N) is 1. The van der Waals surface area contributed by atoms with E-state index in [9.17, 15) is 0 Å². The third kappa shape index (κ3) is 4.49. The average Bonchev–Trinajstić information content (AvgIpc) is 3.11. The molecular weight excluding hydrogens is 364 g/mol. The Bertz CT molecular complexity index is 974. The summed E-state index contributed by atoms with van der Waals surface area (Å²) in [5, 5.41) is 1.43. The largest absolute Gasteiger partial charge is 0.354 e. The number of aromatic amines is 1. The fourth-order valence-electron chi connectivity index (χ4n) is 4.73. The van der Waals surface area contributed by atoms with Crippen molar-refractivity contribution in [2.75, 3.05) is 13.1 Å². The Hall–Kier alpha value is -2.06. The number of fused-ring (bicyclic) bond motifs is 1. The molecule has 1 N–H and O–H groups in total. The minimum absolute atomic E-state index is 0.463. The lowest BCUT2D eigenvalue weighted by Crippen LogP contribution is -2.22. The van der Waals surface area contributed by atoms with Gasteiger partial charge < -0.3 is 4.98 Å². The highest BCUT2D eigenvalue weighted by Gasteiger charge is 2.21. The van der Waals surface area contributed by atoms with E-state index in [2.05, 4.69) is 94.7 Å². The van der Waals surface area contributed by atoms with Crippen molar-refractivity contribution in [2.24, 2.45) is 0 Å². The SMILES string of the molecule is CCCc1ccc(-c2[nH]c3cccc(C(C)C)c3c2C(C)C)c(CN(CC)CC)c1. The molecule has 0 atom stereocenters. The highest BCUT2D eigenvalue weighted by atomic mass is 15.1. The van der Waals surface area contributed by atoms with Crippen molar-refractivity contribution in [3.63, 3.8) is 0 Å². The molecule has 0 saturated heterocycles. The number of nitrogens with zero attached hydrogens (tertiary/aromatic N) is 1. The number of hydrogen-bond donors (Lipinski definition) is 1. The Morgan fingerprint density at radius 3 is 2.23 bits per heavy atom. The van der Waals surface area contributed by atoms with Gasteiger partial charge in [-0.25, -0.2) is 0 Å². The molecule has 0 bridgehead atoms. The molecule has 2 aromatic carbocycles. The smallest absolute Gasteiger partial charge is 0.0503 e. The molecule has 0 aliphatic carbocycles. The fourth-order valence-corrected chi connectivity index (χ4v) is 4.73. The zero-order valence-electron chi connectivity index (χ0n) is 20.1. The molecule has 0 amide bonds. The number of aromatic nitrogens is 1. The first-order chi connectivity index (χ1) is 14.4. The Kier molecular flexibility index (Phi) is 7.41. The van der Waals surface area contributed by atoms with Crippen molar-refractivity contribution in [1.29, 1.82) is 0 Å². The van der Waals surface area contributed by atoms with Gasteiger partial charge in [-0.2, -0.15) is 0 Å². The molecule has 162 valence electrons. The molecule has 1 heterocycles. The van der Waals surface area contributed by atoms with Crippen molar-refractivity contribution in [2.45, 2.75) is 79.7 Å². The number of hydrogen-bond acceptors (Lipinski definition) is 1. The van der Waals surface area contributed by atoms with E-state index in [0.29, 0.717) is 11.8 Å². The maximum Gasteiger partial charge on any atom is 0.0503 e. The zero-order valence-corrected chi connectivity index (χ0v) is 20.1. The lowest BCUT2D eigenvalue weighted by atomic mass is 9.89. The van der Waals surface area contributed by atoms with Gasteiger partial charge in [0.1, 0.15) is 0 Å².